The van der Waals surface area contributed by atoms with Crippen LogP contribution >= 0.6 is 15.9 Å². The van der Waals surface area contributed by atoms with Gasteiger partial charge in [-0.05, 0) is 36.8 Å². The van der Waals surface area contributed by atoms with Gasteiger partial charge in [-0.3, -0.25) is 4.79 Å². The first-order valence-electron chi connectivity index (χ1n) is 10.2. The molecule has 0 aliphatic heterocycles. The summed E-state index contributed by atoms with van der Waals surface area (Å²) in [6.07, 6.45) is 3.61. The lowest BCUT2D eigenvalue weighted by atomic mass is 10.1. The van der Waals surface area contributed by atoms with Crippen LogP contribution < -0.4 is 10.2 Å². The molecule has 0 spiro atoms. The van der Waals surface area contributed by atoms with Crippen molar-refractivity contribution in [3.63, 3.8) is 0 Å². The van der Waals surface area contributed by atoms with Crippen LogP contribution in [-0.2, 0) is 6.18 Å². The SMILES string of the molecule is CCCCCCCCOc1ccc(Br)cc1/C=N/NC(=O)c1ccccc1C(F)(F)F. The number of carbonyl (C=O) groups is 1. The van der Waals surface area contributed by atoms with E-state index in [1.165, 1.54) is 44.0 Å². The van der Waals surface area contributed by atoms with Gasteiger partial charge in [0.25, 0.3) is 5.91 Å². The summed E-state index contributed by atoms with van der Waals surface area (Å²) in [5.41, 5.74) is 1.27. The van der Waals surface area contributed by atoms with E-state index in [9.17, 15) is 18.0 Å². The third kappa shape index (κ3) is 8.36. The molecule has 2 rings (SSSR count). The van der Waals surface area contributed by atoms with Gasteiger partial charge in [-0.15, -0.1) is 0 Å². The molecule has 0 aliphatic carbocycles. The molecule has 31 heavy (non-hydrogen) atoms. The van der Waals surface area contributed by atoms with E-state index >= 15 is 0 Å². The van der Waals surface area contributed by atoms with Crippen molar-refractivity contribution in [2.24, 2.45) is 5.10 Å². The number of hydrazone groups is 1. The fraction of sp³-hybridized carbons (Fsp3) is 0.391. The molecule has 0 atom stereocenters. The highest BCUT2D eigenvalue weighted by Crippen LogP contribution is 2.31. The molecular formula is C23H26BrF3N2O2. The second-order valence-corrected chi connectivity index (χ2v) is 7.96. The van der Waals surface area contributed by atoms with Crippen molar-refractivity contribution >= 4 is 28.1 Å². The third-order valence-corrected chi connectivity index (χ3v) is 5.07. The molecule has 0 aliphatic rings. The highest BCUT2D eigenvalue weighted by molar-refractivity contribution is 9.10. The molecule has 1 N–H and O–H groups in total. The van der Waals surface area contributed by atoms with Gasteiger partial charge in [0.1, 0.15) is 5.75 Å². The lowest BCUT2D eigenvalue weighted by Gasteiger charge is -2.11. The zero-order chi connectivity index (χ0) is 22.7. The Morgan fingerprint density at radius 1 is 1.10 bits per heavy atom. The van der Waals surface area contributed by atoms with E-state index in [1.807, 2.05) is 6.07 Å². The predicted octanol–water partition coefficient (Wildman–Crippen LogP) is 6.97. The average Bonchev–Trinajstić information content (AvgIpc) is 2.73. The molecule has 0 saturated heterocycles. The first-order valence-corrected chi connectivity index (χ1v) is 11.0. The molecule has 0 saturated carbocycles. The summed E-state index contributed by atoms with van der Waals surface area (Å²) in [5, 5.41) is 3.83. The Morgan fingerprint density at radius 3 is 2.55 bits per heavy atom. The van der Waals surface area contributed by atoms with Crippen LogP contribution in [-0.4, -0.2) is 18.7 Å². The highest BCUT2D eigenvalue weighted by Gasteiger charge is 2.34. The monoisotopic (exact) mass is 498 g/mol. The van der Waals surface area contributed by atoms with Crippen LogP contribution in [0.4, 0.5) is 13.2 Å². The Kier molecular flexibility index (Phi) is 10.0. The normalized spacial score (nSPS) is 11.6. The third-order valence-electron chi connectivity index (χ3n) is 4.57. The van der Waals surface area contributed by atoms with Crippen molar-refractivity contribution in [3.8, 4) is 5.75 Å². The number of ether oxygens (including phenoxy) is 1. The van der Waals surface area contributed by atoms with Crippen LogP contribution in [0.3, 0.4) is 0 Å². The van der Waals surface area contributed by atoms with Gasteiger partial charge in [-0.25, -0.2) is 5.43 Å². The van der Waals surface area contributed by atoms with Gasteiger partial charge in [-0.2, -0.15) is 18.3 Å². The molecule has 0 heterocycles. The van der Waals surface area contributed by atoms with Crippen LogP contribution in [0.25, 0.3) is 0 Å². The van der Waals surface area contributed by atoms with Gasteiger partial charge < -0.3 is 4.74 Å². The number of amides is 1. The Labute approximate surface area is 189 Å². The Hall–Kier alpha value is -2.35. The van der Waals surface area contributed by atoms with E-state index in [0.29, 0.717) is 17.9 Å². The van der Waals surface area contributed by atoms with Gasteiger partial charge in [0.2, 0.25) is 0 Å². The minimum absolute atomic E-state index is 0.485. The van der Waals surface area contributed by atoms with E-state index in [4.69, 9.17) is 4.74 Å². The molecule has 0 radical (unpaired) electrons. The number of carbonyl (C=O) groups excluding carboxylic acids is 1. The van der Waals surface area contributed by atoms with Gasteiger partial charge in [0, 0.05) is 10.0 Å². The minimum atomic E-state index is -4.63. The van der Waals surface area contributed by atoms with Crippen molar-refractivity contribution in [1.82, 2.24) is 5.43 Å². The van der Waals surface area contributed by atoms with Crippen molar-refractivity contribution < 1.29 is 22.7 Å². The topological polar surface area (TPSA) is 50.7 Å². The maximum Gasteiger partial charge on any atom is 0.417 e. The van der Waals surface area contributed by atoms with E-state index in [-0.39, 0.29) is 0 Å². The van der Waals surface area contributed by atoms with E-state index in [2.05, 4.69) is 33.4 Å². The summed E-state index contributed by atoms with van der Waals surface area (Å²) in [4.78, 5) is 12.2. The lowest BCUT2D eigenvalue weighted by Crippen LogP contribution is -2.22. The van der Waals surface area contributed by atoms with Crippen molar-refractivity contribution in [2.75, 3.05) is 6.61 Å². The number of halogens is 4. The maximum absolute atomic E-state index is 13.1. The number of alkyl halides is 3. The lowest BCUT2D eigenvalue weighted by molar-refractivity contribution is -0.137. The van der Waals surface area contributed by atoms with Gasteiger partial charge >= 0.3 is 6.18 Å². The largest absolute Gasteiger partial charge is 0.493 e. The zero-order valence-electron chi connectivity index (χ0n) is 17.3. The van der Waals surface area contributed by atoms with Crippen LogP contribution in [0.1, 0.15) is 66.9 Å². The van der Waals surface area contributed by atoms with Crippen molar-refractivity contribution in [1.29, 1.82) is 0 Å². The maximum atomic E-state index is 13.1. The van der Waals surface area contributed by atoms with Crippen LogP contribution in [0.5, 0.6) is 5.75 Å². The number of hydrogen-bond acceptors (Lipinski definition) is 3. The quantitative estimate of drug-likeness (QED) is 0.206. The number of nitrogens with zero attached hydrogens (tertiary/aromatic N) is 1. The summed E-state index contributed by atoms with van der Waals surface area (Å²) >= 11 is 3.37. The van der Waals surface area contributed by atoms with Crippen molar-refractivity contribution in [2.45, 2.75) is 51.6 Å². The Bertz CT molecular complexity index is 885. The second kappa shape index (κ2) is 12.5. The summed E-state index contributed by atoms with van der Waals surface area (Å²) in [7, 11) is 0. The number of benzene rings is 2. The van der Waals surface area contributed by atoms with Crippen LogP contribution in [0.2, 0.25) is 0 Å². The number of rotatable bonds is 11. The number of unbranched alkanes of at least 4 members (excludes halogenated alkanes) is 5. The molecular weight excluding hydrogens is 473 g/mol. The van der Waals surface area contributed by atoms with E-state index in [0.717, 1.165) is 29.4 Å². The summed E-state index contributed by atoms with van der Waals surface area (Å²) in [6.45, 7) is 2.73. The fourth-order valence-electron chi connectivity index (χ4n) is 2.97. The van der Waals surface area contributed by atoms with E-state index < -0.39 is 23.2 Å². The second-order valence-electron chi connectivity index (χ2n) is 7.04. The Balaban J connectivity index is 1.98. The predicted molar refractivity (Wildman–Crippen MR) is 120 cm³/mol. The van der Waals surface area contributed by atoms with Crippen LogP contribution in [0, 0.1) is 0 Å². The first kappa shape index (κ1) is 24.9. The van der Waals surface area contributed by atoms with Gasteiger partial charge in [0.15, 0.2) is 0 Å². The molecule has 1 amide bonds. The van der Waals surface area contributed by atoms with E-state index in [1.54, 1.807) is 12.1 Å². The summed E-state index contributed by atoms with van der Waals surface area (Å²) < 4.78 is 45.9. The Morgan fingerprint density at radius 2 is 1.81 bits per heavy atom. The van der Waals surface area contributed by atoms with Crippen LogP contribution in [0.15, 0.2) is 52.0 Å². The minimum Gasteiger partial charge on any atom is -0.493 e. The molecule has 0 aromatic heterocycles. The van der Waals surface area contributed by atoms with Crippen molar-refractivity contribution in [3.05, 3.63) is 63.6 Å². The zero-order valence-corrected chi connectivity index (χ0v) is 18.9. The number of hydrogen-bond donors (Lipinski definition) is 1. The van der Waals surface area contributed by atoms with Gasteiger partial charge in [0.05, 0.1) is 23.9 Å². The molecule has 4 nitrogen and oxygen atoms in total. The number of nitrogens with one attached hydrogen (secondary N) is 1. The van der Waals surface area contributed by atoms with Gasteiger partial charge in [-0.1, -0.05) is 67.1 Å². The molecule has 0 unspecified atom stereocenters. The molecule has 0 fully saturated rings. The smallest absolute Gasteiger partial charge is 0.417 e. The molecule has 168 valence electrons. The standard InChI is InChI=1S/C23H26BrF3N2O2/c1-2-3-4-5-6-9-14-31-21-13-12-18(24)15-17(21)16-28-29-22(30)19-10-7-8-11-20(19)23(25,26)27/h7-8,10-13,15-16H,2-6,9,14H2,1H3,(H,29,30)/b28-16+. The summed E-state index contributed by atoms with van der Waals surface area (Å²) in [5.74, 6) is -0.348. The molecule has 0 bridgehead atoms. The fourth-order valence-corrected chi connectivity index (χ4v) is 3.34. The molecule has 2 aromatic carbocycles. The molecule has 8 heteroatoms. The molecule has 2 aromatic rings. The average molecular weight is 499 g/mol. The highest BCUT2D eigenvalue weighted by atomic mass is 79.9. The first-order chi connectivity index (χ1) is 14.8. The summed E-state index contributed by atoms with van der Waals surface area (Å²) in [6, 6.07) is 9.95.